The van der Waals surface area contributed by atoms with Crippen LogP contribution in [0.3, 0.4) is 0 Å². The van der Waals surface area contributed by atoms with Gasteiger partial charge in [0.05, 0.1) is 12.3 Å². The molecule has 1 fully saturated rings. The molecule has 0 spiro atoms. The van der Waals surface area contributed by atoms with Crippen LogP contribution in [0.1, 0.15) is 30.1 Å². The summed E-state index contributed by atoms with van der Waals surface area (Å²) in [6, 6.07) is 5.91. The fourth-order valence-corrected chi connectivity index (χ4v) is 1.93. The van der Waals surface area contributed by atoms with E-state index in [0.717, 1.165) is 37.3 Å². The summed E-state index contributed by atoms with van der Waals surface area (Å²) >= 11 is 0. The van der Waals surface area contributed by atoms with Crippen LogP contribution in [0.25, 0.3) is 0 Å². The van der Waals surface area contributed by atoms with Gasteiger partial charge in [0.25, 0.3) is 0 Å². The lowest BCUT2D eigenvalue weighted by molar-refractivity contribution is 0.276. The van der Waals surface area contributed by atoms with Crippen LogP contribution < -0.4 is 5.32 Å². The molecule has 0 amide bonds. The van der Waals surface area contributed by atoms with E-state index in [4.69, 9.17) is 5.11 Å². The van der Waals surface area contributed by atoms with Gasteiger partial charge in [-0.25, -0.2) is 0 Å². The van der Waals surface area contributed by atoms with Gasteiger partial charge in [-0.05, 0) is 38.1 Å². The number of pyridine rings is 1. The van der Waals surface area contributed by atoms with Gasteiger partial charge in [0.15, 0.2) is 0 Å². The molecule has 1 aliphatic rings. The summed E-state index contributed by atoms with van der Waals surface area (Å²) < 4.78 is 0. The van der Waals surface area contributed by atoms with Gasteiger partial charge >= 0.3 is 0 Å². The van der Waals surface area contributed by atoms with Crippen LogP contribution in [-0.2, 0) is 6.61 Å². The molecule has 2 heterocycles. The molecule has 2 rings (SSSR count). The van der Waals surface area contributed by atoms with Crippen LogP contribution in [0, 0.1) is 0 Å². The highest BCUT2D eigenvalue weighted by Crippen LogP contribution is 2.23. The van der Waals surface area contributed by atoms with E-state index in [9.17, 15) is 0 Å². The first kappa shape index (κ1) is 9.62. The highest BCUT2D eigenvalue weighted by molar-refractivity contribution is 5.15. The van der Waals surface area contributed by atoms with Crippen LogP contribution in [0.4, 0.5) is 0 Å². The molecule has 1 aromatic heterocycles. The monoisotopic (exact) mass is 192 g/mol. The summed E-state index contributed by atoms with van der Waals surface area (Å²) in [6.45, 7) is 2.20. The molecule has 2 N–H and O–H groups in total. The summed E-state index contributed by atoms with van der Waals surface area (Å²) in [4.78, 5) is 4.44. The highest BCUT2D eigenvalue weighted by Gasteiger charge is 2.16. The maximum absolute atomic E-state index is 8.99. The Kier molecular flexibility index (Phi) is 3.11. The van der Waals surface area contributed by atoms with Crippen molar-refractivity contribution in [2.75, 3.05) is 13.1 Å². The molecule has 0 aromatic carbocycles. The minimum atomic E-state index is 0.0405. The SMILES string of the molecule is OCc1cccc(C2CCNCC2)n1. The van der Waals surface area contributed by atoms with Crippen molar-refractivity contribution in [3.05, 3.63) is 29.6 Å². The Morgan fingerprint density at radius 3 is 2.86 bits per heavy atom. The standard InChI is InChI=1S/C11H16N2O/c14-8-10-2-1-3-11(13-10)9-4-6-12-7-5-9/h1-3,9,12,14H,4-8H2. The Morgan fingerprint density at radius 1 is 1.36 bits per heavy atom. The number of nitrogens with zero attached hydrogens (tertiary/aromatic N) is 1. The van der Waals surface area contributed by atoms with Crippen LogP contribution in [0.5, 0.6) is 0 Å². The molecule has 76 valence electrons. The summed E-state index contributed by atoms with van der Waals surface area (Å²) in [5.41, 5.74) is 1.92. The third-order valence-corrected chi connectivity index (χ3v) is 2.75. The maximum atomic E-state index is 8.99. The first-order valence-corrected chi connectivity index (χ1v) is 5.17. The van der Waals surface area contributed by atoms with E-state index in [2.05, 4.69) is 16.4 Å². The molecule has 1 aromatic rings. The van der Waals surface area contributed by atoms with Gasteiger partial charge in [-0.2, -0.15) is 0 Å². The molecule has 0 atom stereocenters. The van der Waals surface area contributed by atoms with Gasteiger partial charge in [-0.1, -0.05) is 6.07 Å². The number of aromatic nitrogens is 1. The molecule has 3 heteroatoms. The lowest BCUT2D eigenvalue weighted by Crippen LogP contribution is -2.27. The number of aliphatic hydroxyl groups is 1. The van der Waals surface area contributed by atoms with E-state index in [1.807, 2.05) is 12.1 Å². The Labute approximate surface area is 84.2 Å². The van der Waals surface area contributed by atoms with Crippen molar-refractivity contribution >= 4 is 0 Å². The number of aliphatic hydroxyl groups excluding tert-OH is 1. The van der Waals surface area contributed by atoms with Gasteiger partial charge in [-0.3, -0.25) is 4.98 Å². The number of hydrogen-bond donors (Lipinski definition) is 2. The molecule has 0 saturated carbocycles. The molecule has 0 aliphatic carbocycles. The highest BCUT2D eigenvalue weighted by atomic mass is 16.3. The average molecular weight is 192 g/mol. The average Bonchev–Trinajstić information content (AvgIpc) is 2.30. The third-order valence-electron chi connectivity index (χ3n) is 2.75. The van der Waals surface area contributed by atoms with Gasteiger partial charge in [-0.15, -0.1) is 0 Å². The summed E-state index contributed by atoms with van der Waals surface area (Å²) in [5.74, 6) is 0.572. The fraction of sp³-hybridized carbons (Fsp3) is 0.545. The van der Waals surface area contributed by atoms with Gasteiger partial charge < -0.3 is 10.4 Å². The molecular formula is C11H16N2O. The summed E-state index contributed by atoms with van der Waals surface area (Å²) in [6.07, 6.45) is 2.31. The second-order valence-corrected chi connectivity index (χ2v) is 3.74. The minimum absolute atomic E-state index is 0.0405. The van der Waals surface area contributed by atoms with Crippen molar-refractivity contribution in [2.24, 2.45) is 0 Å². The van der Waals surface area contributed by atoms with E-state index in [-0.39, 0.29) is 6.61 Å². The van der Waals surface area contributed by atoms with E-state index in [1.165, 1.54) is 0 Å². The van der Waals surface area contributed by atoms with Crippen molar-refractivity contribution in [2.45, 2.75) is 25.4 Å². The summed E-state index contributed by atoms with van der Waals surface area (Å²) in [7, 11) is 0. The third kappa shape index (κ3) is 2.11. The van der Waals surface area contributed by atoms with Crippen molar-refractivity contribution in [3.8, 4) is 0 Å². The zero-order valence-corrected chi connectivity index (χ0v) is 8.24. The van der Waals surface area contributed by atoms with E-state index < -0.39 is 0 Å². The van der Waals surface area contributed by atoms with Gasteiger partial charge in [0, 0.05) is 11.6 Å². The van der Waals surface area contributed by atoms with Crippen molar-refractivity contribution < 1.29 is 5.11 Å². The lowest BCUT2D eigenvalue weighted by atomic mass is 9.94. The number of nitrogens with one attached hydrogen (secondary N) is 1. The van der Waals surface area contributed by atoms with Crippen molar-refractivity contribution in [1.82, 2.24) is 10.3 Å². The van der Waals surface area contributed by atoms with Gasteiger partial charge in [0.1, 0.15) is 0 Å². The first-order valence-electron chi connectivity index (χ1n) is 5.17. The van der Waals surface area contributed by atoms with E-state index >= 15 is 0 Å². The second kappa shape index (κ2) is 4.53. The normalized spacial score (nSPS) is 18.4. The molecule has 0 unspecified atom stereocenters. The molecule has 3 nitrogen and oxygen atoms in total. The van der Waals surface area contributed by atoms with Crippen LogP contribution in [-0.4, -0.2) is 23.2 Å². The first-order chi connectivity index (χ1) is 6.90. The number of hydrogen-bond acceptors (Lipinski definition) is 3. The molecule has 0 bridgehead atoms. The Morgan fingerprint density at radius 2 is 2.14 bits per heavy atom. The smallest absolute Gasteiger partial charge is 0.0853 e. The van der Waals surface area contributed by atoms with E-state index in [1.54, 1.807) is 0 Å². The minimum Gasteiger partial charge on any atom is -0.390 e. The zero-order valence-electron chi connectivity index (χ0n) is 8.24. The molecule has 1 saturated heterocycles. The fourth-order valence-electron chi connectivity index (χ4n) is 1.93. The van der Waals surface area contributed by atoms with E-state index in [0.29, 0.717) is 5.92 Å². The van der Waals surface area contributed by atoms with Crippen molar-refractivity contribution in [1.29, 1.82) is 0 Å². The van der Waals surface area contributed by atoms with Crippen LogP contribution in [0.2, 0.25) is 0 Å². The molecular weight excluding hydrogens is 176 g/mol. The molecule has 0 radical (unpaired) electrons. The molecule has 14 heavy (non-hydrogen) atoms. The number of rotatable bonds is 2. The Bertz CT molecular complexity index is 295. The largest absolute Gasteiger partial charge is 0.390 e. The second-order valence-electron chi connectivity index (χ2n) is 3.74. The predicted octanol–water partition coefficient (Wildman–Crippen LogP) is 1.04. The van der Waals surface area contributed by atoms with Crippen molar-refractivity contribution in [3.63, 3.8) is 0 Å². The quantitative estimate of drug-likeness (QED) is 0.736. The Balaban J connectivity index is 2.13. The zero-order chi connectivity index (χ0) is 9.80. The topological polar surface area (TPSA) is 45.1 Å². The Hall–Kier alpha value is -0.930. The van der Waals surface area contributed by atoms with Gasteiger partial charge in [0.2, 0.25) is 0 Å². The number of piperidine rings is 1. The van der Waals surface area contributed by atoms with Crippen LogP contribution >= 0.6 is 0 Å². The molecule has 1 aliphatic heterocycles. The predicted molar refractivity (Wildman–Crippen MR) is 55.0 cm³/mol. The summed E-state index contributed by atoms with van der Waals surface area (Å²) in [5, 5.41) is 12.3. The lowest BCUT2D eigenvalue weighted by Gasteiger charge is -2.22. The van der Waals surface area contributed by atoms with Crippen LogP contribution in [0.15, 0.2) is 18.2 Å². The maximum Gasteiger partial charge on any atom is 0.0853 e.